The van der Waals surface area contributed by atoms with Gasteiger partial charge >= 0.3 is 0 Å². The molecule has 8 nitrogen and oxygen atoms in total. The van der Waals surface area contributed by atoms with Gasteiger partial charge in [0.05, 0.1) is 18.3 Å². The van der Waals surface area contributed by atoms with Gasteiger partial charge in [0, 0.05) is 32.4 Å². The highest BCUT2D eigenvalue weighted by molar-refractivity contribution is 5.94. The first kappa shape index (κ1) is 13.5. The first-order chi connectivity index (χ1) is 10.2. The number of hydrogen-bond donors (Lipinski definition) is 2. The Bertz CT molecular complexity index is 607. The van der Waals surface area contributed by atoms with Gasteiger partial charge in [-0.05, 0) is 6.07 Å². The number of nitrogens with one attached hydrogen (secondary N) is 1. The highest BCUT2D eigenvalue weighted by atomic mass is 16.3. The van der Waals surface area contributed by atoms with Gasteiger partial charge in [-0.3, -0.25) is 19.8 Å². The van der Waals surface area contributed by atoms with Crippen LogP contribution in [-0.4, -0.2) is 67.2 Å². The largest absolute Gasteiger partial charge is 0.506 e. The van der Waals surface area contributed by atoms with E-state index in [1.54, 1.807) is 4.90 Å². The highest BCUT2D eigenvalue weighted by Crippen LogP contribution is 2.13. The Kier molecular flexibility index (Phi) is 3.78. The van der Waals surface area contributed by atoms with Crippen molar-refractivity contribution in [3.05, 3.63) is 36.2 Å². The molecule has 2 N–H and O–H groups in total. The molecule has 1 aliphatic rings. The summed E-state index contributed by atoms with van der Waals surface area (Å²) < 4.78 is 0. The second-order valence-corrected chi connectivity index (χ2v) is 4.93. The third-order valence-electron chi connectivity index (χ3n) is 3.47. The van der Waals surface area contributed by atoms with E-state index in [1.807, 2.05) is 0 Å². The van der Waals surface area contributed by atoms with Crippen molar-refractivity contribution in [1.82, 2.24) is 30.0 Å². The van der Waals surface area contributed by atoms with Crippen molar-refractivity contribution in [2.75, 3.05) is 26.2 Å². The normalized spacial score (nSPS) is 16.1. The summed E-state index contributed by atoms with van der Waals surface area (Å²) in [6.45, 7) is 3.54. The van der Waals surface area contributed by atoms with Crippen molar-refractivity contribution in [2.24, 2.45) is 0 Å². The minimum absolute atomic E-state index is 0.00445. The van der Waals surface area contributed by atoms with E-state index in [9.17, 15) is 9.90 Å². The summed E-state index contributed by atoms with van der Waals surface area (Å²) in [4.78, 5) is 24.2. The molecule has 1 fully saturated rings. The monoisotopic (exact) mass is 288 g/mol. The van der Waals surface area contributed by atoms with Gasteiger partial charge in [0.1, 0.15) is 17.9 Å². The molecule has 0 unspecified atom stereocenters. The maximum absolute atomic E-state index is 12.3. The molecule has 0 spiro atoms. The maximum atomic E-state index is 12.3. The minimum atomic E-state index is -0.0993. The lowest BCUT2D eigenvalue weighted by Crippen LogP contribution is -2.48. The second kappa shape index (κ2) is 5.88. The zero-order chi connectivity index (χ0) is 14.7. The molecule has 3 rings (SSSR count). The van der Waals surface area contributed by atoms with E-state index in [2.05, 4.69) is 25.1 Å². The van der Waals surface area contributed by atoms with Crippen LogP contribution in [0, 0.1) is 0 Å². The van der Waals surface area contributed by atoms with Gasteiger partial charge in [-0.1, -0.05) is 0 Å². The summed E-state index contributed by atoms with van der Waals surface area (Å²) in [6.07, 6.45) is 4.28. The Morgan fingerprint density at radius 1 is 1.29 bits per heavy atom. The summed E-state index contributed by atoms with van der Waals surface area (Å²) >= 11 is 0. The van der Waals surface area contributed by atoms with Gasteiger partial charge in [0.25, 0.3) is 5.91 Å². The molecule has 21 heavy (non-hydrogen) atoms. The number of carbonyl (C=O) groups excluding carboxylic acids is 1. The summed E-state index contributed by atoms with van der Waals surface area (Å²) in [5, 5.41) is 16.0. The Morgan fingerprint density at radius 3 is 2.76 bits per heavy atom. The molecule has 0 bridgehead atoms. The van der Waals surface area contributed by atoms with E-state index in [0.29, 0.717) is 25.2 Å². The van der Waals surface area contributed by atoms with Gasteiger partial charge in [0.15, 0.2) is 0 Å². The molecule has 110 valence electrons. The number of amides is 1. The number of aromatic amines is 1. The fourth-order valence-electron chi connectivity index (χ4n) is 2.36. The van der Waals surface area contributed by atoms with Crippen molar-refractivity contribution in [1.29, 1.82) is 0 Å². The number of pyridine rings is 1. The molecule has 0 atom stereocenters. The molecular formula is C13H16N6O2. The lowest BCUT2D eigenvalue weighted by Gasteiger charge is -2.34. The van der Waals surface area contributed by atoms with E-state index < -0.39 is 0 Å². The fourth-order valence-corrected chi connectivity index (χ4v) is 2.36. The SMILES string of the molecule is O=C(c1cncc(O)c1)N1CCN(Cc2ncn[nH]2)CC1. The van der Waals surface area contributed by atoms with Gasteiger partial charge in [-0.2, -0.15) is 5.10 Å². The number of piperazine rings is 1. The van der Waals surface area contributed by atoms with E-state index in [4.69, 9.17) is 0 Å². The first-order valence-electron chi connectivity index (χ1n) is 6.72. The van der Waals surface area contributed by atoms with Gasteiger partial charge < -0.3 is 10.0 Å². The number of carbonyl (C=O) groups is 1. The predicted molar refractivity (Wildman–Crippen MR) is 73.5 cm³/mol. The fraction of sp³-hybridized carbons (Fsp3) is 0.385. The quantitative estimate of drug-likeness (QED) is 0.816. The average molecular weight is 288 g/mol. The van der Waals surface area contributed by atoms with Crippen molar-refractivity contribution < 1.29 is 9.90 Å². The third kappa shape index (κ3) is 3.16. The van der Waals surface area contributed by atoms with Crippen LogP contribution in [-0.2, 0) is 6.54 Å². The standard InChI is InChI=1S/C13H16N6O2/c20-11-5-10(6-14-7-11)13(21)19-3-1-18(2-4-19)8-12-15-9-16-17-12/h5-7,9,20H,1-4,8H2,(H,15,16,17). The van der Waals surface area contributed by atoms with E-state index in [1.165, 1.54) is 24.8 Å². The molecular weight excluding hydrogens is 272 g/mol. The van der Waals surface area contributed by atoms with Crippen LogP contribution in [0.4, 0.5) is 0 Å². The summed E-state index contributed by atoms with van der Waals surface area (Å²) in [7, 11) is 0. The summed E-state index contributed by atoms with van der Waals surface area (Å²) in [5.74, 6) is 0.731. The lowest BCUT2D eigenvalue weighted by molar-refractivity contribution is 0.0624. The molecule has 2 aromatic heterocycles. The van der Waals surface area contributed by atoms with Gasteiger partial charge in [-0.25, -0.2) is 4.98 Å². The molecule has 1 saturated heterocycles. The smallest absolute Gasteiger partial charge is 0.255 e. The van der Waals surface area contributed by atoms with Crippen LogP contribution in [0.25, 0.3) is 0 Å². The molecule has 3 heterocycles. The number of aromatic hydroxyl groups is 1. The lowest BCUT2D eigenvalue weighted by atomic mass is 10.2. The van der Waals surface area contributed by atoms with Crippen LogP contribution < -0.4 is 0 Å². The van der Waals surface area contributed by atoms with Crippen LogP contribution in [0.5, 0.6) is 5.75 Å². The Labute approximate surface area is 121 Å². The zero-order valence-corrected chi connectivity index (χ0v) is 11.4. The van der Waals surface area contributed by atoms with Gasteiger partial charge in [0.2, 0.25) is 0 Å². The molecule has 2 aromatic rings. The number of rotatable bonds is 3. The summed E-state index contributed by atoms with van der Waals surface area (Å²) in [5.41, 5.74) is 0.415. The van der Waals surface area contributed by atoms with Crippen LogP contribution in [0.3, 0.4) is 0 Å². The van der Waals surface area contributed by atoms with E-state index in [0.717, 1.165) is 18.9 Å². The summed E-state index contributed by atoms with van der Waals surface area (Å²) in [6, 6.07) is 1.44. The van der Waals surface area contributed by atoms with Crippen molar-refractivity contribution in [2.45, 2.75) is 6.54 Å². The maximum Gasteiger partial charge on any atom is 0.255 e. The molecule has 8 heteroatoms. The van der Waals surface area contributed by atoms with Crippen LogP contribution in [0.15, 0.2) is 24.8 Å². The number of hydrogen-bond acceptors (Lipinski definition) is 6. The van der Waals surface area contributed by atoms with Crippen LogP contribution >= 0.6 is 0 Å². The molecule has 0 aromatic carbocycles. The van der Waals surface area contributed by atoms with Crippen molar-refractivity contribution in [3.63, 3.8) is 0 Å². The van der Waals surface area contributed by atoms with Crippen LogP contribution in [0.1, 0.15) is 16.2 Å². The predicted octanol–water partition coefficient (Wildman–Crippen LogP) is -0.137. The number of H-pyrrole nitrogens is 1. The Balaban J connectivity index is 1.57. The highest BCUT2D eigenvalue weighted by Gasteiger charge is 2.23. The van der Waals surface area contributed by atoms with Crippen molar-refractivity contribution in [3.8, 4) is 5.75 Å². The molecule has 1 amide bonds. The molecule has 0 aliphatic carbocycles. The first-order valence-corrected chi connectivity index (χ1v) is 6.72. The minimum Gasteiger partial charge on any atom is -0.506 e. The number of aromatic nitrogens is 4. The van der Waals surface area contributed by atoms with Gasteiger partial charge in [-0.15, -0.1) is 0 Å². The van der Waals surface area contributed by atoms with E-state index in [-0.39, 0.29) is 11.7 Å². The second-order valence-electron chi connectivity index (χ2n) is 4.93. The number of nitrogens with zero attached hydrogens (tertiary/aromatic N) is 5. The van der Waals surface area contributed by atoms with Crippen molar-refractivity contribution >= 4 is 5.91 Å². The average Bonchev–Trinajstić information content (AvgIpc) is 3.00. The third-order valence-corrected chi connectivity index (χ3v) is 3.47. The molecule has 0 saturated carbocycles. The Hall–Kier alpha value is -2.48. The topological polar surface area (TPSA) is 98.2 Å². The molecule has 1 aliphatic heterocycles. The molecule has 0 radical (unpaired) electrons. The Morgan fingerprint density at radius 2 is 2.10 bits per heavy atom. The van der Waals surface area contributed by atoms with E-state index >= 15 is 0 Å². The van der Waals surface area contributed by atoms with Crippen LogP contribution in [0.2, 0.25) is 0 Å². The zero-order valence-electron chi connectivity index (χ0n) is 11.4.